The molecule has 6 nitrogen and oxygen atoms in total. The molecular weight excluding hydrogens is 462 g/mol. The van der Waals surface area contributed by atoms with Gasteiger partial charge in [0.05, 0.1) is 5.92 Å². The summed E-state index contributed by atoms with van der Waals surface area (Å²) in [7, 11) is 0. The fraction of sp³-hybridized carbons (Fsp3) is 0.250. The van der Waals surface area contributed by atoms with E-state index in [2.05, 4.69) is 40.2 Å². The Hall–Kier alpha value is -3.48. The average molecular weight is 490 g/mol. The fourth-order valence-electron chi connectivity index (χ4n) is 4.66. The first kappa shape index (κ1) is 24.6. The summed E-state index contributed by atoms with van der Waals surface area (Å²) in [6.45, 7) is 4.35. The van der Waals surface area contributed by atoms with Gasteiger partial charge < -0.3 is 9.52 Å². The number of likely N-dealkylation sites (tertiary alicyclic amines) is 1. The first-order valence-corrected chi connectivity index (χ1v) is 11.6. The Balaban J connectivity index is 0.00000289. The molecule has 1 aliphatic rings. The molecule has 1 N–H and O–H groups in total. The largest absolute Gasteiger partial charge is 0.481 e. The third-order valence-electron chi connectivity index (χ3n) is 6.54. The van der Waals surface area contributed by atoms with Crippen LogP contribution in [0.3, 0.4) is 0 Å². The van der Waals surface area contributed by atoms with Gasteiger partial charge in [0.2, 0.25) is 11.8 Å². The minimum atomic E-state index is -0.697. The van der Waals surface area contributed by atoms with Crippen molar-refractivity contribution in [1.29, 1.82) is 0 Å². The lowest BCUT2D eigenvalue weighted by Gasteiger charge is -2.30. The van der Waals surface area contributed by atoms with E-state index >= 15 is 0 Å². The summed E-state index contributed by atoms with van der Waals surface area (Å²) in [5.41, 5.74) is 6.32. The van der Waals surface area contributed by atoms with E-state index in [4.69, 9.17) is 4.42 Å². The Kier molecular flexibility index (Phi) is 7.63. The summed E-state index contributed by atoms with van der Waals surface area (Å²) in [6.07, 6.45) is 1.68. The highest BCUT2D eigenvalue weighted by atomic mass is 35.5. The predicted molar refractivity (Wildman–Crippen MR) is 138 cm³/mol. The number of nitrogens with zero attached hydrogens (tertiary/aromatic N) is 3. The normalized spacial score (nSPS) is 16.0. The number of halogens is 1. The molecule has 5 rings (SSSR count). The number of carboxylic acids is 1. The van der Waals surface area contributed by atoms with E-state index in [0.717, 1.165) is 59.3 Å². The molecule has 0 saturated carbocycles. The van der Waals surface area contributed by atoms with Crippen LogP contribution in [-0.2, 0) is 11.3 Å². The Morgan fingerprint density at radius 1 is 0.943 bits per heavy atom. The van der Waals surface area contributed by atoms with Gasteiger partial charge in [0.15, 0.2) is 0 Å². The molecule has 180 valence electrons. The van der Waals surface area contributed by atoms with Gasteiger partial charge in [-0.2, -0.15) is 0 Å². The lowest BCUT2D eigenvalue weighted by atomic mass is 9.96. The van der Waals surface area contributed by atoms with Crippen molar-refractivity contribution in [2.24, 2.45) is 5.92 Å². The number of aromatic nitrogens is 2. The molecule has 3 aromatic carbocycles. The van der Waals surface area contributed by atoms with Crippen LogP contribution in [0.25, 0.3) is 34.0 Å². The van der Waals surface area contributed by atoms with Crippen molar-refractivity contribution in [3.8, 4) is 34.0 Å². The van der Waals surface area contributed by atoms with Gasteiger partial charge in [0.25, 0.3) is 0 Å². The van der Waals surface area contributed by atoms with Crippen molar-refractivity contribution in [2.75, 3.05) is 13.1 Å². The Bertz CT molecular complexity index is 1290. The maximum atomic E-state index is 11.3. The van der Waals surface area contributed by atoms with Gasteiger partial charge in [-0.3, -0.25) is 9.69 Å². The molecule has 7 heteroatoms. The van der Waals surface area contributed by atoms with Crippen LogP contribution in [0.5, 0.6) is 0 Å². The van der Waals surface area contributed by atoms with E-state index in [1.54, 1.807) is 0 Å². The minimum absolute atomic E-state index is 0. The van der Waals surface area contributed by atoms with E-state index in [1.165, 1.54) is 0 Å². The molecule has 2 heterocycles. The molecule has 1 aromatic heterocycles. The number of benzene rings is 3. The van der Waals surface area contributed by atoms with Crippen molar-refractivity contribution in [3.63, 3.8) is 0 Å². The Morgan fingerprint density at radius 3 is 2.40 bits per heavy atom. The zero-order valence-electron chi connectivity index (χ0n) is 19.6. The molecule has 0 amide bonds. The summed E-state index contributed by atoms with van der Waals surface area (Å²) in [5.74, 6) is 0.0165. The quantitative estimate of drug-likeness (QED) is 0.352. The van der Waals surface area contributed by atoms with Gasteiger partial charge in [-0.1, -0.05) is 54.6 Å². The zero-order valence-corrected chi connectivity index (χ0v) is 20.4. The SMILES string of the molecule is Cc1c(-c2ccccc2)cccc1-c1nnc(-c2ccc(CN3CCCC(C(=O)O)C3)cc2)o1.Cl. The number of rotatable bonds is 6. The fourth-order valence-corrected chi connectivity index (χ4v) is 4.66. The second-order valence-corrected chi connectivity index (χ2v) is 8.87. The second kappa shape index (κ2) is 10.8. The average Bonchev–Trinajstić information content (AvgIpc) is 3.35. The summed E-state index contributed by atoms with van der Waals surface area (Å²) >= 11 is 0. The van der Waals surface area contributed by atoms with Crippen molar-refractivity contribution >= 4 is 18.4 Å². The highest BCUT2D eigenvalue weighted by Gasteiger charge is 2.25. The van der Waals surface area contributed by atoms with Gasteiger partial charge >= 0.3 is 5.97 Å². The van der Waals surface area contributed by atoms with Crippen molar-refractivity contribution in [2.45, 2.75) is 26.3 Å². The summed E-state index contributed by atoms with van der Waals surface area (Å²) in [6, 6.07) is 24.5. The van der Waals surface area contributed by atoms with Crippen LogP contribution >= 0.6 is 12.4 Å². The third kappa shape index (κ3) is 5.45. The standard InChI is InChI=1S/C28H27N3O3.ClH/c1-19-24(21-7-3-2-4-8-21)10-5-11-25(19)27-30-29-26(34-27)22-14-12-20(13-15-22)17-31-16-6-9-23(18-31)28(32)33;/h2-5,7-8,10-15,23H,6,9,16-18H2,1H3,(H,32,33);1H. The smallest absolute Gasteiger partial charge is 0.307 e. The van der Waals surface area contributed by atoms with Crippen LogP contribution in [-0.4, -0.2) is 39.3 Å². The van der Waals surface area contributed by atoms with E-state index in [1.807, 2.05) is 54.6 Å². The molecule has 1 aliphatic heterocycles. The van der Waals surface area contributed by atoms with Crippen LogP contribution in [0.2, 0.25) is 0 Å². The molecule has 0 radical (unpaired) electrons. The number of hydrogen-bond donors (Lipinski definition) is 1. The lowest BCUT2D eigenvalue weighted by Crippen LogP contribution is -2.38. The summed E-state index contributed by atoms with van der Waals surface area (Å²) in [5, 5.41) is 17.9. The predicted octanol–water partition coefficient (Wildman–Crippen LogP) is 6.10. The van der Waals surface area contributed by atoms with Gasteiger partial charge in [0, 0.05) is 24.2 Å². The molecule has 0 aliphatic carbocycles. The van der Waals surface area contributed by atoms with Crippen LogP contribution in [0.4, 0.5) is 0 Å². The van der Waals surface area contributed by atoms with Gasteiger partial charge in [-0.05, 0) is 66.8 Å². The molecule has 1 unspecified atom stereocenters. The second-order valence-electron chi connectivity index (χ2n) is 8.87. The number of carbonyl (C=O) groups is 1. The van der Waals surface area contributed by atoms with Crippen molar-refractivity contribution < 1.29 is 14.3 Å². The molecule has 0 bridgehead atoms. The monoisotopic (exact) mass is 489 g/mol. The van der Waals surface area contributed by atoms with E-state index in [-0.39, 0.29) is 18.3 Å². The first-order valence-electron chi connectivity index (χ1n) is 11.6. The molecule has 1 fully saturated rings. The van der Waals surface area contributed by atoms with Gasteiger partial charge in [-0.15, -0.1) is 22.6 Å². The van der Waals surface area contributed by atoms with E-state index in [0.29, 0.717) is 18.3 Å². The van der Waals surface area contributed by atoms with Crippen molar-refractivity contribution in [3.05, 3.63) is 83.9 Å². The molecule has 1 saturated heterocycles. The van der Waals surface area contributed by atoms with Crippen LogP contribution in [0.15, 0.2) is 77.2 Å². The summed E-state index contributed by atoms with van der Waals surface area (Å²) in [4.78, 5) is 13.5. The van der Waals surface area contributed by atoms with E-state index in [9.17, 15) is 9.90 Å². The summed E-state index contributed by atoms with van der Waals surface area (Å²) < 4.78 is 6.06. The van der Waals surface area contributed by atoms with Crippen LogP contribution < -0.4 is 0 Å². The van der Waals surface area contributed by atoms with Gasteiger partial charge in [-0.25, -0.2) is 0 Å². The third-order valence-corrected chi connectivity index (χ3v) is 6.54. The highest BCUT2D eigenvalue weighted by Crippen LogP contribution is 2.32. The maximum absolute atomic E-state index is 11.3. The highest BCUT2D eigenvalue weighted by molar-refractivity contribution is 5.85. The number of piperidine rings is 1. The molecule has 1 atom stereocenters. The molecule has 4 aromatic rings. The maximum Gasteiger partial charge on any atom is 0.307 e. The van der Waals surface area contributed by atoms with Crippen LogP contribution in [0.1, 0.15) is 24.0 Å². The van der Waals surface area contributed by atoms with Crippen LogP contribution in [0, 0.1) is 12.8 Å². The number of carboxylic acid groups (broad SMARTS) is 1. The molecule has 0 spiro atoms. The zero-order chi connectivity index (χ0) is 23.5. The number of hydrogen-bond acceptors (Lipinski definition) is 5. The first-order chi connectivity index (χ1) is 16.6. The van der Waals surface area contributed by atoms with Crippen molar-refractivity contribution in [1.82, 2.24) is 15.1 Å². The number of aliphatic carboxylic acids is 1. The molecule has 35 heavy (non-hydrogen) atoms. The minimum Gasteiger partial charge on any atom is -0.481 e. The van der Waals surface area contributed by atoms with E-state index < -0.39 is 5.97 Å². The molecular formula is C28H28ClN3O3. The topological polar surface area (TPSA) is 79.5 Å². The van der Waals surface area contributed by atoms with Gasteiger partial charge in [0.1, 0.15) is 0 Å². The lowest BCUT2D eigenvalue weighted by molar-refractivity contribution is -0.143. The Morgan fingerprint density at radius 2 is 1.66 bits per heavy atom. The Labute approximate surface area is 211 Å².